The fourth-order valence-corrected chi connectivity index (χ4v) is 8.02. The van der Waals surface area contributed by atoms with Gasteiger partial charge < -0.3 is 10.2 Å². The van der Waals surface area contributed by atoms with Crippen molar-refractivity contribution in [1.82, 2.24) is 4.90 Å². The van der Waals surface area contributed by atoms with Crippen molar-refractivity contribution in [2.24, 2.45) is 4.99 Å². The Morgan fingerprint density at radius 2 is 1.88 bits per heavy atom. The molecule has 0 spiro atoms. The summed E-state index contributed by atoms with van der Waals surface area (Å²) >= 11 is 1.50. The minimum Gasteiger partial charge on any atom is -0.338 e. The lowest BCUT2D eigenvalue weighted by Gasteiger charge is -2.27. The molecule has 166 valence electrons. The van der Waals surface area contributed by atoms with Crippen LogP contribution in [-0.4, -0.2) is 60.3 Å². The molecule has 5 rings (SSSR count). The first kappa shape index (κ1) is 21.3. The number of hydrogen-bond acceptors (Lipinski definition) is 6. The molecule has 1 amide bonds. The van der Waals surface area contributed by atoms with E-state index in [1.807, 2.05) is 47.4 Å². The average molecular weight is 468 g/mol. The number of amides is 1. The molecule has 0 bridgehead atoms. The number of hydrogen-bond donors (Lipinski definition) is 1. The number of nitrogens with zero attached hydrogens (tertiary/aromatic N) is 2. The lowest BCUT2D eigenvalue weighted by Crippen LogP contribution is -2.35. The number of amidine groups is 1. The molecule has 1 N–H and O–H groups in total. The van der Waals surface area contributed by atoms with Gasteiger partial charge in [0.25, 0.3) is 0 Å². The number of thioether (sulfide) groups is 1. The topological polar surface area (TPSA) is 78.8 Å². The molecule has 0 unspecified atom stereocenters. The maximum atomic E-state index is 12.7. The predicted octanol–water partition coefficient (Wildman–Crippen LogP) is 3.23. The summed E-state index contributed by atoms with van der Waals surface area (Å²) in [5.74, 6) is 0.491. The lowest BCUT2D eigenvalue weighted by atomic mass is 9.99. The lowest BCUT2D eigenvalue weighted by molar-refractivity contribution is -0.130. The number of nitrogens with one attached hydrogen (secondary N) is 1. The van der Waals surface area contributed by atoms with Gasteiger partial charge in [-0.25, -0.2) is 8.42 Å². The van der Waals surface area contributed by atoms with E-state index in [0.717, 1.165) is 29.4 Å². The smallest absolute Gasteiger partial charge is 0.227 e. The van der Waals surface area contributed by atoms with Crippen LogP contribution in [0.25, 0.3) is 5.57 Å². The maximum Gasteiger partial charge on any atom is 0.227 e. The van der Waals surface area contributed by atoms with E-state index in [1.54, 1.807) is 0 Å². The van der Waals surface area contributed by atoms with Gasteiger partial charge in [-0.15, -0.1) is 0 Å². The second-order valence-electron chi connectivity index (χ2n) is 8.42. The van der Waals surface area contributed by atoms with Crippen molar-refractivity contribution in [3.63, 3.8) is 0 Å². The van der Waals surface area contributed by atoms with Gasteiger partial charge in [0, 0.05) is 24.0 Å². The zero-order valence-electron chi connectivity index (χ0n) is 17.6. The molecule has 32 heavy (non-hydrogen) atoms. The Labute approximate surface area is 192 Å². The fourth-order valence-electron chi connectivity index (χ4n) is 4.34. The third kappa shape index (κ3) is 4.76. The number of sulfone groups is 1. The van der Waals surface area contributed by atoms with E-state index in [0.29, 0.717) is 13.0 Å². The summed E-state index contributed by atoms with van der Waals surface area (Å²) in [7, 11) is -2.94. The summed E-state index contributed by atoms with van der Waals surface area (Å²) in [6.45, 7) is 1.39. The molecule has 1 saturated heterocycles. The molecule has 2 aromatic carbocycles. The summed E-state index contributed by atoms with van der Waals surface area (Å²) in [5.41, 5.74) is 4.41. The first-order valence-electron chi connectivity index (χ1n) is 10.8. The number of carbonyl (C=O) groups is 1. The first-order chi connectivity index (χ1) is 15.4. The zero-order valence-corrected chi connectivity index (χ0v) is 19.2. The molecule has 6 nitrogen and oxygen atoms in total. The quantitative estimate of drug-likeness (QED) is 0.747. The van der Waals surface area contributed by atoms with E-state index in [9.17, 15) is 13.2 Å². The van der Waals surface area contributed by atoms with Gasteiger partial charge in [0.2, 0.25) is 5.91 Å². The van der Waals surface area contributed by atoms with E-state index >= 15 is 0 Å². The van der Waals surface area contributed by atoms with Crippen LogP contribution in [0.15, 0.2) is 65.7 Å². The molecule has 0 aromatic heterocycles. The average Bonchev–Trinajstić information content (AvgIpc) is 3.28. The van der Waals surface area contributed by atoms with Crippen LogP contribution >= 0.6 is 11.8 Å². The molecule has 8 heteroatoms. The molecular weight excluding hydrogens is 442 g/mol. The third-order valence-corrected chi connectivity index (χ3v) is 9.23. The standard InChI is InChI=1S/C24H25N3O3S2/c28-23(27-12-10-19(11-13-27)18-4-2-1-3-5-18)14-17-6-8-20(9-7-17)25-24-26-21-15-32(29,30)16-22(21)31-24/h1-10,21-22H,11-16H2,(H,25,26)/t21-,22-/m0/s1. The number of carbonyl (C=O) groups excluding carboxylic acids is 1. The van der Waals surface area contributed by atoms with Crippen LogP contribution in [0.2, 0.25) is 0 Å². The van der Waals surface area contributed by atoms with E-state index in [4.69, 9.17) is 0 Å². The van der Waals surface area contributed by atoms with Crippen molar-refractivity contribution in [1.29, 1.82) is 0 Å². The van der Waals surface area contributed by atoms with Gasteiger partial charge in [-0.1, -0.05) is 60.3 Å². The Balaban J connectivity index is 1.14. The Bertz CT molecular complexity index is 1170. The van der Waals surface area contributed by atoms with Gasteiger partial charge in [0.1, 0.15) is 0 Å². The number of anilines is 1. The minimum absolute atomic E-state index is 0.0281. The molecule has 1 fully saturated rings. The predicted molar refractivity (Wildman–Crippen MR) is 131 cm³/mol. The van der Waals surface area contributed by atoms with Crippen molar-refractivity contribution < 1.29 is 13.2 Å². The summed E-state index contributed by atoms with van der Waals surface area (Å²) in [5, 5.41) is 4.08. The van der Waals surface area contributed by atoms with Gasteiger partial charge in [0.15, 0.2) is 15.0 Å². The van der Waals surface area contributed by atoms with Gasteiger partial charge in [-0.05, 0) is 35.3 Å². The van der Waals surface area contributed by atoms with E-state index < -0.39 is 9.84 Å². The Morgan fingerprint density at radius 1 is 1.09 bits per heavy atom. The highest BCUT2D eigenvalue weighted by atomic mass is 32.2. The number of benzene rings is 2. The summed E-state index contributed by atoms with van der Waals surface area (Å²) in [6.07, 6.45) is 3.42. The maximum absolute atomic E-state index is 12.7. The molecule has 3 aliphatic rings. The largest absolute Gasteiger partial charge is 0.338 e. The zero-order chi connectivity index (χ0) is 22.1. The first-order valence-corrected chi connectivity index (χ1v) is 13.5. The van der Waals surface area contributed by atoms with Crippen LogP contribution in [0.3, 0.4) is 0 Å². The van der Waals surface area contributed by atoms with Crippen molar-refractivity contribution in [3.05, 3.63) is 71.8 Å². The third-order valence-electron chi connectivity index (χ3n) is 6.09. The Morgan fingerprint density at radius 3 is 2.56 bits per heavy atom. The summed E-state index contributed by atoms with van der Waals surface area (Å²) in [4.78, 5) is 19.2. The van der Waals surface area contributed by atoms with Gasteiger partial charge in [0.05, 0.1) is 24.0 Å². The van der Waals surface area contributed by atoms with E-state index in [2.05, 4.69) is 28.5 Å². The molecule has 3 aliphatic heterocycles. The monoisotopic (exact) mass is 467 g/mol. The number of fused-ring (bicyclic) bond motifs is 1. The molecule has 0 saturated carbocycles. The second-order valence-corrected chi connectivity index (χ2v) is 11.8. The molecule has 2 atom stereocenters. The van der Waals surface area contributed by atoms with Crippen LogP contribution in [0.1, 0.15) is 17.5 Å². The molecule has 0 radical (unpaired) electrons. The Kier molecular flexibility index (Phi) is 5.82. The highest BCUT2D eigenvalue weighted by Gasteiger charge is 2.42. The van der Waals surface area contributed by atoms with Crippen molar-refractivity contribution in [3.8, 4) is 0 Å². The normalized spacial score (nSPS) is 23.9. The van der Waals surface area contributed by atoms with Crippen molar-refractivity contribution in [2.75, 3.05) is 29.9 Å². The summed E-state index contributed by atoms with van der Waals surface area (Å²) in [6, 6.07) is 18.0. The molecule has 3 heterocycles. The number of aliphatic imine (C=N–C) groups is 1. The SMILES string of the molecule is O=C(Cc1ccc(NC2=N[C@H]3CS(=O)(=O)C[C@@H]3S2)cc1)N1CC=C(c2ccccc2)CC1. The van der Waals surface area contributed by atoms with Crippen LogP contribution in [0, 0.1) is 0 Å². The van der Waals surface area contributed by atoms with Crippen LogP contribution < -0.4 is 5.32 Å². The van der Waals surface area contributed by atoms with Gasteiger partial charge >= 0.3 is 0 Å². The molecule has 0 aliphatic carbocycles. The molecule has 2 aromatic rings. The highest BCUT2D eigenvalue weighted by molar-refractivity contribution is 8.15. The van der Waals surface area contributed by atoms with Gasteiger partial charge in [-0.2, -0.15) is 0 Å². The van der Waals surface area contributed by atoms with Crippen LogP contribution in [0.5, 0.6) is 0 Å². The van der Waals surface area contributed by atoms with Gasteiger partial charge in [-0.3, -0.25) is 9.79 Å². The Hall–Kier alpha value is -2.58. The minimum atomic E-state index is -2.94. The number of rotatable bonds is 4. The van der Waals surface area contributed by atoms with Crippen LogP contribution in [-0.2, 0) is 21.1 Å². The second kappa shape index (κ2) is 8.75. The van der Waals surface area contributed by atoms with E-state index in [-0.39, 0.29) is 28.7 Å². The van der Waals surface area contributed by atoms with Crippen LogP contribution in [0.4, 0.5) is 5.69 Å². The highest BCUT2D eigenvalue weighted by Crippen LogP contribution is 2.34. The van der Waals surface area contributed by atoms with Crippen molar-refractivity contribution >= 4 is 43.9 Å². The van der Waals surface area contributed by atoms with Crippen molar-refractivity contribution in [2.45, 2.75) is 24.1 Å². The molecular formula is C24H25N3O3S2. The summed E-state index contributed by atoms with van der Waals surface area (Å²) < 4.78 is 23.4. The van der Waals surface area contributed by atoms with E-state index in [1.165, 1.54) is 22.9 Å². The fraction of sp³-hybridized carbons (Fsp3) is 0.333.